The summed E-state index contributed by atoms with van der Waals surface area (Å²) in [5, 5.41) is 0. The third-order valence-electron chi connectivity index (χ3n) is 0. The van der Waals surface area contributed by atoms with Gasteiger partial charge >= 0.3 is 26.2 Å². The maximum absolute atomic E-state index is 0. The predicted octanol–water partition coefficient (Wildman–Crippen LogP) is -1.46. The monoisotopic (exact) mass is 406 g/mol. The summed E-state index contributed by atoms with van der Waals surface area (Å²) in [4.78, 5) is 0. The second-order valence-corrected chi connectivity index (χ2v) is 0. The number of hydrogen-bond acceptors (Lipinski definition) is 1. The van der Waals surface area contributed by atoms with Crippen molar-refractivity contribution in [3.63, 3.8) is 0 Å². The first-order valence-corrected chi connectivity index (χ1v) is 0. The first-order valence-electron chi connectivity index (χ1n) is 0. The molecule has 0 aliphatic carbocycles. The Morgan fingerprint density at radius 3 is 1.00 bits per heavy atom. The van der Waals surface area contributed by atoms with E-state index in [0.717, 1.165) is 0 Å². The van der Waals surface area contributed by atoms with Gasteiger partial charge in [-0.15, -0.1) is 0 Å². The van der Waals surface area contributed by atoms with Gasteiger partial charge in [0.25, 0.3) is 0 Å². The molecule has 0 spiro atoms. The number of rotatable bonds is 0. The fourth-order valence-corrected chi connectivity index (χ4v) is 0. The van der Waals surface area contributed by atoms with E-state index in [4.69, 9.17) is 0 Å². The maximum Gasteiger partial charge on any atom is 0 e. The topological polar surface area (TPSA) is 0 Å². The van der Waals surface area contributed by atoms with Crippen molar-refractivity contribution >= 4 is 39.7 Å². The fourth-order valence-electron chi connectivity index (χ4n) is 0. The zero-order chi connectivity index (χ0) is 0. The first-order chi connectivity index (χ1) is 0. The van der Waals surface area contributed by atoms with Crippen LogP contribution in [0.25, 0.3) is 0 Å². The molecule has 0 aliphatic rings. The molecule has 0 fully saturated rings. The molecule has 0 aromatic rings. The molecule has 0 nitrogen and oxygen atoms in total. The van der Waals surface area contributed by atoms with Crippen molar-refractivity contribution in [2.24, 2.45) is 0 Å². The van der Waals surface area contributed by atoms with Crippen molar-refractivity contribution in [2.75, 3.05) is 0 Å². The zero-order valence-corrected chi connectivity index (χ0v) is 11.2. The van der Waals surface area contributed by atoms with E-state index >= 15 is 0 Å². The third kappa shape index (κ3) is 8.83. The summed E-state index contributed by atoms with van der Waals surface area (Å²) in [5.41, 5.74) is 0. The minimum atomic E-state index is 0. The Morgan fingerprint density at radius 2 is 1.00 bits per heavy atom. The summed E-state index contributed by atoms with van der Waals surface area (Å²) >= 11 is 0. The van der Waals surface area contributed by atoms with Crippen LogP contribution in [0.1, 0.15) is 0 Å². The van der Waals surface area contributed by atoms with E-state index < -0.39 is 0 Å². The number of hydrogen-bond donors (Lipinski definition) is 0. The Labute approximate surface area is 76.8 Å². The molecule has 0 amide bonds. The molecule has 0 heterocycles. The van der Waals surface area contributed by atoms with Crippen molar-refractivity contribution in [1.29, 1.82) is 0 Å². The molecule has 0 aromatic heterocycles. The van der Waals surface area contributed by atoms with E-state index in [0.29, 0.717) is 0 Å². The van der Waals surface area contributed by atoms with Crippen LogP contribution >= 0.6 is 0 Å². The average Bonchev–Trinajstić information content (AvgIpc) is 0. The molecule has 0 saturated heterocycles. The van der Waals surface area contributed by atoms with Crippen LogP contribution in [0.3, 0.4) is 0 Å². The quantitative estimate of drug-likeness (QED) is 0.270. The van der Waals surface area contributed by atoms with Crippen molar-refractivity contribution in [3.8, 4) is 0 Å². The molecule has 0 N–H and O–H groups in total. The van der Waals surface area contributed by atoms with Crippen LogP contribution < -0.4 is 0 Å². The Kier molecular flexibility index (Phi) is 144. The molecule has 0 rings (SSSR count). The molecule has 0 atom stereocenters. The van der Waals surface area contributed by atoms with Crippen LogP contribution in [0.4, 0.5) is 0 Å². The van der Waals surface area contributed by atoms with Crippen LogP contribution in [-0.2, 0) is 51.6 Å². The van der Waals surface area contributed by atoms with Crippen molar-refractivity contribution in [3.05, 3.63) is 0 Å². The number of thiol groups is 1. The Balaban J connectivity index is 0. The SMILES string of the molecule is [BiH3].[Cu].[Mo].[SH-]. The smallest absolute Gasteiger partial charge is 0 e. The van der Waals surface area contributed by atoms with Gasteiger partial charge in [-0.2, -0.15) is 0 Å². The molecule has 0 saturated carbocycles. The van der Waals surface area contributed by atoms with Gasteiger partial charge in [0.2, 0.25) is 0 Å². The minimum Gasteiger partial charge on any atom is -0.813 e. The van der Waals surface area contributed by atoms with E-state index in [-0.39, 0.29) is 77.8 Å². The minimum absolute atomic E-state index is 0. The molecule has 0 unspecified atom stereocenters. The largest absolute Gasteiger partial charge is 0.813 e. The van der Waals surface area contributed by atoms with E-state index in [9.17, 15) is 0 Å². The Morgan fingerprint density at radius 1 is 1.00 bits per heavy atom. The summed E-state index contributed by atoms with van der Waals surface area (Å²) in [6, 6.07) is 0. The molecule has 1 radical (unpaired) electrons. The van der Waals surface area contributed by atoms with Gasteiger partial charge < -0.3 is 13.5 Å². The van der Waals surface area contributed by atoms with E-state index in [1.54, 1.807) is 0 Å². The summed E-state index contributed by atoms with van der Waals surface area (Å²) in [6.45, 7) is 0. The van der Waals surface area contributed by atoms with Crippen molar-refractivity contribution < 1.29 is 38.1 Å². The second-order valence-electron chi connectivity index (χ2n) is 0. The summed E-state index contributed by atoms with van der Waals surface area (Å²) < 4.78 is 0. The normalized spacial score (nSPS) is 0. The molecule has 0 aromatic carbocycles. The van der Waals surface area contributed by atoms with Gasteiger partial charge in [-0.1, -0.05) is 0 Å². The molecular weight excluding hydrogens is 401 g/mol. The molecule has 0 bridgehead atoms. The Bertz CT molecular complexity index is 8.00. The van der Waals surface area contributed by atoms with Crippen LogP contribution in [0, 0.1) is 0 Å². The van der Waals surface area contributed by atoms with Gasteiger partial charge in [-0.25, -0.2) is 0 Å². The molecular formula is H4BiCuMoS-. The van der Waals surface area contributed by atoms with Crippen LogP contribution in [0.2, 0.25) is 0 Å². The molecule has 33 valence electrons. The van der Waals surface area contributed by atoms with Gasteiger partial charge in [-0.05, 0) is 0 Å². The summed E-state index contributed by atoms with van der Waals surface area (Å²) in [5.74, 6) is 0. The fraction of sp³-hybridized carbons (Fsp3) is 0. The van der Waals surface area contributed by atoms with E-state index in [2.05, 4.69) is 0 Å². The second kappa shape index (κ2) is 18.0. The van der Waals surface area contributed by atoms with Gasteiger partial charge in [0.05, 0.1) is 0 Å². The van der Waals surface area contributed by atoms with Crippen LogP contribution in [0.5, 0.6) is 0 Å². The summed E-state index contributed by atoms with van der Waals surface area (Å²) in [7, 11) is 0. The molecule has 0 aliphatic heterocycles. The molecule has 4 heavy (non-hydrogen) atoms. The van der Waals surface area contributed by atoms with Crippen molar-refractivity contribution in [2.45, 2.75) is 0 Å². The summed E-state index contributed by atoms with van der Waals surface area (Å²) in [6.07, 6.45) is 0. The van der Waals surface area contributed by atoms with Gasteiger partial charge in [0.1, 0.15) is 0 Å². The predicted molar refractivity (Wildman–Crippen MR) is 18.7 cm³/mol. The Hall–Kier alpha value is 2.44. The van der Waals surface area contributed by atoms with Gasteiger partial charge in [-0.3, -0.25) is 0 Å². The standard InChI is InChI=1S/Bi.Cu.Mo.H2S.3H/h;;;1H2;;;/p-1. The van der Waals surface area contributed by atoms with Gasteiger partial charge in [0, 0.05) is 38.1 Å². The van der Waals surface area contributed by atoms with Gasteiger partial charge in [0.15, 0.2) is 0 Å². The average molecular weight is 405 g/mol. The maximum atomic E-state index is 0. The van der Waals surface area contributed by atoms with Crippen molar-refractivity contribution in [1.82, 2.24) is 0 Å². The van der Waals surface area contributed by atoms with E-state index in [1.165, 1.54) is 0 Å². The third-order valence-corrected chi connectivity index (χ3v) is 0. The zero-order valence-electron chi connectivity index (χ0n) is 1.86. The first kappa shape index (κ1) is 32.0. The van der Waals surface area contributed by atoms with E-state index in [1.807, 2.05) is 0 Å². The van der Waals surface area contributed by atoms with Crippen LogP contribution in [-0.4, -0.2) is 26.2 Å². The molecule has 4 heteroatoms. The van der Waals surface area contributed by atoms with Crippen LogP contribution in [0.15, 0.2) is 0 Å².